The van der Waals surface area contributed by atoms with E-state index in [9.17, 15) is 31.2 Å². The second-order valence-corrected chi connectivity index (χ2v) is 12.7. The van der Waals surface area contributed by atoms with E-state index in [2.05, 4.69) is 22.2 Å². The number of sulfonamides is 1. The van der Waals surface area contributed by atoms with E-state index in [1.54, 1.807) is 4.90 Å². The molecule has 0 radical (unpaired) electrons. The fraction of sp³-hybridized carbons (Fsp3) is 0.500. The number of hydrogen-bond acceptors (Lipinski definition) is 6. The number of piperazine rings is 1. The number of alkyl halides is 3. The van der Waals surface area contributed by atoms with E-state index in [1.165, 1.54) is 24.8 Å². The molecule has 0 aromatic heterocycles. The van der Waals surface area contributed by atoms with Crippen LogP contribution in [0.2, 0.25) is 0 Å². The van der Waals surface area contributed by atoms with Gasteiger partial charge in [0.25, 0.3) is 0 Å². The van der Waals surface area contributed by atoms with Crippen molar-refractivity contribution < 1.29 is 35.9 Å². The third kappa shape index (κ3) is 6.52. The van der Waals surface area contributed by atoms with Gasteiger partial charge in [0.05, 0.1) is 17.4 Å². The standard InChI is InChI=1S/C28H33F3N4O5S/c29-28(30,31)40-21-8-10-22(11-9-21)41(38,39)35-14-13-34(27(37)25(35)16-26(32)36)24-6-1-3-19-15-18(7-12-23(19)24)17-33-20-4-2-5-20/h7-12,15,20,24-25,33H,1-6,13-14,16-17H2,(H2,32,36)/t24-,25?/m1/s1. The summed E-state index contributed by atoms with van der Waals surface area (Å²) in [5.74, 6) is -1.94. The number of hydrogen-bond donors (Lipinski definition) is 2. The number of halogens is 3. The van der Waals surface area contributed by atoms with Crippen molar-refractivity contribution in [3.8, 4) is 5.75 Å². The van der Waals surface area contributed by atoms with Crippen LogP contribution in [-0.2, 0) is 32.6 Å². The van der Waals surface area contributed by atoms with Gasteiger partial charge in [-0.15, -0.1) is 13.2 Å². The molecule has 2 fully saturated rings. The second kappa shape index (κ2) is 11.6. The molecule has 1 aliphatic heterocycles. The number of nitrogens with two attached hydrogens (primary N) is 1. The highest BCUT2D eigenvalue weighted by Gasteiger charge is 2.45. The number of fused-ring (bicyclic) bond motifs is 1. The number of carbonyl (C=O) groups excluding carboxylic acids is 2. The lowest BCUT2D eigenvalue weighted by Crippen LogP contribution is -2.60. The summed E-state index contributed by atoms with van der Waals surface area (Å²) in [6, 6.07) is 8.93. The maximum Gasteiger partial charge on any atom is 0.573 e. The third-order valence-corrected chi connectivity index (χ3v) is 10.0. The van der Waals surface area contributed by atoms with E-state index in [0.29, 0.717) is 12.5 Å². The maximum atomic E-state index is 13.8. The fourth-order valence-electron chi connectivity index (χ4n) is 5.86. The molecule has 1 unspecified atom stereocenters. The molecule has 3 N–H and O–H groups in total. The first-order valence-corrected chi connectivity index (χ1v) is 15.2. The molecule has 2 aliphatic carbocycles. The number of aryl methyl sites for hydroxylation is 1. The molecule has 2 aromatic rings. The summed E-state index contributed by atoms with van der Waals surface area (Å²) in [5.41, 5.74) is 8.78. The minimum atomic E-state index is -4.93. The van der Waals surface area contributed by atoms with Gasteiger partial charge in [0.15, 0.2) is 0 Å². The van der Waals surface area contributed by atoms with Crippen molar-refractivity contribution in [2.24, 2.45) is 5.73 Å². The molecule has 1 heterocycles. The fourth-order valence-corrected chi connectivity index (χ4v) is 7.44. The van der Waals surface area contributed by atoms with E-state index in [-0.39, 0.29) is 24.0 Å². The molecule has 3 aliphatic rings. The predicted octanol–water partition coefficient (Wildman–Crippen LogP) is 3.38. The number of primary amides is 1. The molecule has 5 rings (SSSR count). The Morgan fingerprint density at radius 3 is 2.41 bits per heavy atom. The molecule has 0 bridgehead atoms. The number of nitrogens with one attached hydrogen (secondary N) is 1. The highest BCUT2D eigenvalue weighted by atomic mass is 32.2. The zero-order valence-corrected chi connectivity index (χ0v) is 23.2. The average Bonchev–Trinajstić information content (AvgIpc) is 2.87. The number of nitrogens with zero attached hydrogens (tertiary/aromatic N) is 2. The van der Waals surface area contributed by atoms with Gasteiger partial charge in [-0.1, -0.05) is 24.6 Å². The van der Waals surface area contributed by atoms with E-state index in [0.717, 1.165) is 59.1 Å². The highest BCUT2D eigenvalue weighted by molar-refractivity contribution is 7.89. The molecule has 222 valence electrons. The molecule has 9 nitrogen and oxygen atoms in total. The van der Waals surface area contributed by atoms with Crippen LogP contribution in [0.1, 0.15) is 61.3 Å². The molecule has 13 heteroatoms. The van der Waals surface area contributed by atoms with E-state index in [1.807, 2.05) is 6.07 Å². The summed E-state index contributed by atoms with van der Waals surface area (Å²) in [4.78, 5) is 27.1. The van der Waals surface area contributed by atoms with Gasteiger partial charge >= 0.3 is 6.36 Å². The van der Waals surface area contributed by atoms with Gasteiger partial charge in [0.2, 0.25) is 21.8 Å². The lowest BCUT2D eigenvalue weighted by Gasteiger charge is -2.44. The second-order valence-electron chi connectivity index (χ2n) is 10.8. The summed E-state index contributed by atoms with van der Waals surface area (Å²) in [7, 11) is -4.35. The van der Waals surface area contributed by atoms with Crippen molar-refractivity contribution in [1.82, 2.24) is 14.5 Å². The van der Waals surface area contributed by atoms with Crippen LogP contribution < -0.4 is 15.8 Å². The third-order valence-electron chi connectivity index (χ3n) is 8.10. The van der Waals surface area contributed by atoms with Crippen LogP contribution >= 0.6 is 0 Å². The Kier molecular flexibility index (Phi) is 8.31. The van der Waals surface area contributed by atoms with Crippen LogP contribution in [0.25, 0.3) is 0 Å². The quantitative estimate of drug-likeness (QED) is 0.459. The Balaban J connectivity index is 1.36. The number of carbonyl (C=O) groups is 2. The monoisotopic (exact) mass is 594 g/mol. The Morgan fingerprint density at radius 1 is 1.05 bits per heavy atom. The molecule has 1 saturated heterocycles. The largest absolute Gasteiger partial charge is 0.573 e. The highest BCUT2D eigenvalue weighted by Crippen LogP contribution is 2.38. The summed E-state index contributed by atoms with van der Waals surface area (Å²) in [5, 5.41) is 3.57. The molecule has 2 atom stereocenters. The predicted molar refractivity (Wildman–Crippen MR) is 143 cm³/mol. The number of ether oxygens (including phenoxy) is 1. The van der Waals surface area contributed by atoms with Crippen LogP contribution in [0, 0.1) is 0 Å². The Hall–Kier alpha value is -3.16. The maximum absolute atomic E-state index is 13.8. The molecule has 41 heavy (non-hydrogen) atoms. The van der Waals surface area contributed by atoms with E-state index >= 15 is 0 Å². The molecule has 0 spiro atoms. The van der Waals surface area contributed by atoms with Gasteiger partial charge in [-0.3, -0.25) is 9.59 Å². The Bertz CT molecular complexity index is 1400. The van der Waals surface area contributed by atoms with Crippen molar-refractivity contribution in [3.05, 3.63) is 59.2 Å². The molecule has 1 saturated carbocycles. The number of amides is 2. The van der Waals surface area contributed by atoms with Gasteiger partial charge in [-0.25, -0.2) is 8.42 Å². The molecular weight excluding hydrogens is 561 g/mol. The number of rotatable bonds is 9. The number of benzene rings is 2. The van der Waals surface area contributed by atoms with Crippen LogP contribution in [-0.4, -0.2) is 61.0 Å². The first kappa shape index (κ1) is 29.3. The van der Waals surface area contributed by atoms with Gasteiger partial charge in [0, 0.05) is 25.7 Å². The van der Waals surface area contributed by atoms with Crippen LogP contribution in [0.15, 0.2) is 47.4 Å². The lowest BCUT2D eigenvalue weighted by atomic mass is 9.85. The van der Waals surface area contributed by atoms with Gasteiger partial charge in [-0.05, 0) is 73.1 Å². The van der Waals surface area contributed by atoms with Crippen molar-refractivity contribution in [1.29, 1.82) is 0 Å². The van der Waals surface area contributed by atoms with Crippen molar-refractivity contribution in [3.63, 3.8) is 0 Å². The smallest absolute Gasteiger partial charge is 0.406 e. The SMILES string of the molecule is NC(=O)CC1C(=O)N([C@@H]2CCCc3cc(CNC4CCC4)ccc32)CCN1S(=O)(=O)c1ccc(OC(F)(F)F)cc1. The minimum Gasteiger partial charge on any atom is -0.406 e. The molecule has 2 aromatic carbocycles. The Morgan fingerprint density at radius 2 is 1.78 bits per heavy atom. The summed E-state index contributed by atoms with van der Waals surface area (Å²) in [6.07, 6.45) is 0.640. The van der Waals surface area contributed by atoms with Gasteiger partial charge < -0.3 is 20.7 Å². The van der Waals surface area contributed by atoms with E-state index in [4.69, 9.17) is 5.73 Å². The minimum absolute atomic E-state index is 0.0949. The summed E-state index contributed by atoms with van der Waals surface area (Å²) < 4.78 is 69.3. The molecular formula is C28H33F3N4O5S. The van der Waals surface area contributed by atoms with Crippen LogP contribution in [0.3, 0.4) is 0 Å². The van der Waals surface area contributed by atoms with Gasteiger partial charge in [-0.2, -0.15) is 4.31 Å². The zero-order chi connectivity index (χ0) is 29.4. The Labute approximate surface area is 236 Å². The van der Waals surface area contributed by atoms with Crippen LogP contribution in [0.5, 0.6) is 5.75 Å². The van der Waals surface area contributed by atoms with Crippen molar-refractivity contribution in [2.75, 3.05) is 13.1 Å². The summed E-state index contributed by atoms with van der Waals surface area (Å²) >= 11 is 0. The average molecular weight is 595 g/mol. The van der Waals surface area contributed by atoms with Gasteiger partial charge in [0.1, 0.15) is 11.8 Å². The zero-order valence-electron chi connectivity index (χ0n) is 22.4. The van der Waals surface area contributed by atoms with Crippen molar-refractivity contribution in [2.45, 2.75) is 80.9 Å². The van der Waals surface area contributed by atoms with Crippen molar-refractivity contribution >= 4 is 21.8 Å². The normalized spacial score (nSPS) is 22.2. The lowest BCUT2D eigenvalue weighted by molar-refractivity contribution is -0.274. The topological polar surface area (TPSA) is 122 Å². The van der Waals surface area contributed by atoms with Crippen LogP contribution in [0.4, 0.5) is 13.2 Å². The first-order chi connectivity index (χ1) is 19.4. The molecule has 2 amide bonds. The summed E-state index contributed by atoms with van der Waals surface area (Å²) in [6.45, 7) is 0.780. The first-order valence-electron chi connectivity index (χ1n) is 13.7. The van der Waals surface area contributed by atoms with E-state index < -0.39 is 46.4 Å².